The van der Waals surface area contributed by atoms with Crippen molar-refractivity contribution in [2.24, 2.45) is 0 Å². The van der Waals surface area contributed by atoms with E-state index in [0.717, 1.165) is 5.56 Å². The summed E-state index contributed by atoms with van der Waals surface area (Å²) in [7, 11) is -4.05. The number of carbonyl (C=O) groups excluding carboxylic acids is 1. The fourth-order valence-corrected chi connectivity index (χ4v) is 5.38. The Kier molecular flexibility index (Phi) is 8.82. The largest absolute Gasteiger partial charge is 0.587 e. The van der Waals surface area contributed by atoms with Crippen molar-refractivity contribution in [1.82, 2.24) is 10.2 Å². The number of phosphoric acid groups is 1. The minimum Gasteiger partial charge on any atom is -0.480 e. The van der Waals surface area contributed by atoms with E-state index in [1.165, 1.54) is 4.90 Å². The maximum atomic E-state index is 13.6. The molecular formula is C27H29N2O7P. The SMILES string of the molecule is O=C(O)[C@H](Cc1ccccc1)NC(=O)N1CCC(OP(=O)(Oc2ccccc2)Oc2ccccc2)CC1. The Hall–Kier alpha value is -3.81. The third-order valence-electron chi connectivity index (χ3n) is 5.81. The lowest BCUT2D eigenvalue weighted by atomic mass is 10.1. The Morgan fingerprint density at radius 1 is 0.865 bits per heavy atom. The molecule has 1 aliphatic rings. The van der Waals surface area contributed by atoms with Gasteiger partial charge >= 0.3 is 19.8 Å². The average molecular weight is 525 g/mol. The van der Waals surface area contributed by atoms with Crippen LogP contribution in [0.25, 0.3) is 0 Å². The van der Waals surface area contributed by atoms with Crippen LogP contribution in [0.4, 0.5) is 4.79 Å². The summed E-state index contributed by atoms with van der Waals surface area (Å²) in [5.74, 6) is -0.416. The van der Waals surface area contributed by atoms with Crippen LogP contribution in [0.1, 0.15) is 18.4 Å². The highest BCUT2D eigenvalue weighted by molar-refractivity contribution is 7.49. The summed E-state index contributed by atoms with van der Waals surface area (Å²) in [4.78, 5) is 26.0. The van der Waals surface area contributed by atoms with Crippen molar-refractivity contribution in [2.75, 3.05) is 13.1 Å². The fourth-order valence-electron chi connectivity index (χ4n) is 3.92. The predicted molar refractivity (Wildman–Crippen MR) is 138 cm³/mol. The number of rotatable bonds is 10. The van der Waals surface area contributed by atoms with Gasteiger partial charge in [0.25, 0.3) is 0 Å². The number of hydrogen-bond acceptors (Lipinski definition) is 6. The standard InChI is InChI=1S/C27H29N2O7P/c30-26(31)25(20-21-10-4-1-5-11-21)28-27(32)29-18-16-24(17-19-29)36-37(33,34-22-12-6-2-7-13-22)35-23-14-8-3-9-15-23/h1-15,24-25H,16-20H2,(H,28,32)(H,30,31)/t25-/m0/s1. The molecule has 4 rings (SSSR count). The van der Waals surface area contributed by atoms with E-state index in [2.05, 4.69) is 5.32 Å². The fraction of sp³-hybridized carbons (Fsp3) is 0.259. The van der Waals surface area contributed by atoms with Gasteiger partial charge in [0.1, 0.15) is 17.5 Å². The Morgan fingerprint density at radius 3 is 1.84 bits per heavy atom. The number of benzene rings is 3. The van der Waals surface area contributed by atoms with Crippen LogP contribution in [0.5, 0.6) is 11.5 Å². The Bertz CT molecular complexity index is 1160. The highest BCUT2D eigenvalue weighted by Gasteiger charge is 2.37. The van der Waals surface area contributed by atoms with Crippen LogP contribution in [0, 0.1) is 0 Å². The van der Waals surface area contributed by atoms with Gasteiger partial charge in [0.05, 0.1) is 6.10 Å². The lowest BCUT2D eigenvalue weighted by Crippen LogP contribution is -2.51. The molecule has 0 saturated carbocycles. The number of piperidine rings is 1. The van der Waals surface area contributed by atoms with Gasteiger partial charge in [0, 0.05) is 19.5 Å². The Balaban J connectivity index is 1.35. The number of amides is 2. The molecule has 1 atom stereocenters. The van der Waals surface area contributed by atoms with E-state index >= 15 is 0 Å². The van der Waals surface area contributed by atoms with Crippen LogP contribution in [0.2, 0.25) is 0 Å². The normalized spacial score (nSPS) is 15.0. The topological polar surface area (TPSA) is 114 Å². The molecule has 37 heavy (non-hydrogen) atoms. The molecular weight excluding hydrogens is 495 g/mol. The first-order chi connectivity index (χ1) is 17.9. The molecule has 1 aliphatic heterocycles. The molecule has 2 N–H and O–H groups in total. The number of carbonyl (C=O) groups is 2. The van der Waals surface area contributed by atoms with E-state index in [1.54, 1.807) is 48.5 Å². The van der Waals surface area contributed by atoms with Crippen LogP contribution in [-0.4, -0.2) is 47.2 Å². The van der Waals surface area contributed by atoms with Crippen molar-refractivity contribution < 1.29 is 32.8 Å². The molecule has 0 bridgehead atoms. The molecule has 1 fully saturated rings. The number of phosphoric ester groups is 1. The molecule has 1 heterocycles. The van der Waals surface area contributed by atoms with E-state index in [4.69, 9.17) is 13.6 Å². The summed E-state index contributed by atoms with van der Waals surface area (Å²) >= 11 is 0. The summed E-state index contributed by atoms with van der Waals surface area (Å²) in [6.45, 7) is 0.593. The van der Waals surface area contributed by atoms with Crippen LogP contribution in [-0.2, 0) is 20.3 Å². The number of para-hydroxylation sites is 2. The summed E-state index contributed by atoms with van der Waals surface area (Å²) in [6, 6.07) is 24.9. The number of carboxylic acid groups (broad SMARTS) is 1. The molecule has 0 aliphatic carbocycles. The molecule has 10 heteroatoms. The van der Waals surface area contributed by atoms with Crippen LogP contribution < -0.4 is 14.4 Å². The number of carboxylic acids is 1. The lowest BCUT2D eigenvalue weighted by Gasteiger charge is -2.33. The third kappa shape index (κ3) is 7.84. The van der Waals surface area contributed by atoms with Gasteiger partial charge in [-0.05, 0) is 42.7 Å². The number of hydrogen-bond donors (Lipinski definition) is 2. The summed E-state index contributed by atoms with van der Waals surface area (Å²) in [5, 5.41) is 12.2. The summed E-state index contributed by atoms with van der Waals surface area (Å²) < 4.78 is 30.8. The van der Waals surface area contributed by atoms with Crippen molar-refractivity contribution >= 4 is 19.8 Å². The molecule has 0 radical (unpaired) electrons. The number of urea groups is 1. The van der Waals surface area contributed by atoms with Gasteiger partial charge in [-0.3, -0.25) is 4.52 Å². The molecule has 0 aromatic heterocycles. The highest BCUT2D eigenvalue weighted by Crippen LogP contribution is 2.51. The molecule has 0 spiro atoms. The van der Waals surface area contributed by atoms with Crippen LogP contribution in [0.3, 0.4) is 0 Å². The van der Waals surface area contributed by atoms with Gasteiger partial charge in [-0.15, -0.1) is 0 Å². The minimum atomic E-state index is -4.05. The second-order valence-electron chi connectivity index (χ2n) is 8.58. The van der Waals surface area contributed by atoms with E-state index in [-0.39, 0.29) is 6.42 Å². The van der Waals surface area contributed by atoms with Crippen molar-refractivity contribution in [3.8, 4) is 11.5 Å². The minimum absolute atomic E-state index is 0.179. The molecule has 194 valence electrons. The van der Waals surface area contributed by atoms with Gasteiger partial charge in [0.15, 0.2) is 0 Å². The van der Waals surface area contributed by atoms with Gasteiger partial charge in [-0.25, -0.2) is 14.2 Å². The predicted octanol–water partition coefficient (Wildman–Crippen LogP) is 5.14. The monoisotopic (exact) mass is 524 g/mol. The number of aliphatic carboxylic acids is 1. The van der Waals surface area contributed by atoms with Crippen molar-refractivity contribution in [3.63, 3.8) is 0 Å². The molecule has 3 aromatic rings. The van der Waals surface area contributed by atoms with Gasteiger partial charge in [0.2, 0.25) is 0 Å². The Labute approximate surface area is 215 Å². The number of nitrogens with zero attached hydrogens (tertiary/aromatic N) is 1. The summed E-state index contributed by atoms with van der Waals surface area (Å²) in [5.41, 5.74) is 0.815. The van der Waals surface area contributed by atoms with Crippen LogP contribution in [0.15, 0.2) is 91.0 Å². The quantitative estimate of drug-likeness (QED) is 0.353. The van der Waals surface area contributed by atoms with Gasteiger partial charge in [-0.2, -0.15) is 0 Å². The van der Waals surface area contributed by atoms with E-state index in [0.29, 0.717) is 37.4 Å². The lowest BCUT2D eigenvalue weighted by molar-refractivity contribution is -0.139. The molecule has 3 aromatic carbocycles. The average Bonchev–Trinajstić information content (AvgIpc) is 2.90. The third-order valence-corrected chi connectivity index (χ3v) is 7.23. The van der Waals surface area contributed by atoms with Gasteiger partial charge < -0.3 is 24.4 Å². The Morgan fingerprint density at radius 2 is 1.35 bits per heavy atom. The van der Waals surface area contributed by atoms with E-state index in [1.807, 2.05) is 42.5 Å². The zero-order valence-corrected chi connectivity index (χ0v) is 21.0. The van der Waals surface area contributed by atoms with E-state index in [9.17, 15) is 19.3 Å². The maximum absolute atomic E-state index is 13.6. The first-order valence-electron chi connectivity index (χ1n) is 12.0. The second kappa shape index (κ2) is 12.4. The van der Waals surface area contributed by atoms with E-state index < -0.39 is 32.0 Å². The summed E-state index contributed by atoms with van der Waals surface area (Å²) in [6.07, 6.45) is 0.453. The zero-order chi connectivity index (χ0) is 26.1. The van der Waals surface area contributed by atoms with Crippen molar-refractivity contribution in [2.45, 2.75) is 31.4 Å². The van der Waals surface area contributed by atoms with Gasteiger partial charge in [-0.1, -0.05) is 66.7 Å². The molecule has 9 nitrogen and oxygen atoms in total. The maximum Gasteiger partial charge on any atom is 0.587 e. The first kappa shape index (κ1) is 26.3. The molecule has 2 amide bonds. The van der Waals surface area contributed by atoms with Crippen LogP contribution >= 0.6 is 7.82 Å². The number of nitrogens with one attached hydrogen (secondary N) is 1. The smallest absolute Gasteiger partial charge is 0.480 e. The highest BCUT2D eigenvalue weighted by atomic mass is 31.2. The molecule has 0 unspecified atom stereocenters. The van der Waals surface area contributed by atoms with Crippen molar-refractivity contribution in [1.29, 1.82) is 0 Å². The second-order valence-corrected chi connectivity index (χ2v) is 10.0. The van der Waals surface area contributed by atoms with Crippen molar-refractivity contribution in [3.05, 3.63) is 96.6 Å². The first-order valence-corrected chi connectivity index (χ1v) is 13.5. The molecule has 1 saturated heterocycles. The zero-order valence-electron chi connectivity index (χ0n) is 20.1. The number of likely N-dealkylation sites (tertiary alicyclic amines) is 1.